The molecule has 6 heteroatoms. The summed E-state index contributed by atoms with van der Waals surface area (Å²) >= 11 is 1.14. The second-order valence-corrected chi connectivity index (χ2v) is 3.95. The van der Waals surface area contributed by atoms with Gasteiger partial charge in [-0.05, 0) is 28.8 Å². The van der Waals surface area contributed by atoms with Crippen LogP contribution in [0.5, 0.6) is 0 Å². The fourth-order valence-corrected chi connectivity index (χ4v) is 2.21. The van der Waals surface area contributed by atoms with Crippen molar-refractivity contribution in [2.75, 3.05) is 0 Å². The number of halogens is 3. The molecule has 84 valence electrons. The van der Waals surface area contributed by atoms with Gasteiger partial charge in [0.1, 0.15) is 0 Å². The summed E-state index contributed by atoms with van der Waals surface area (Å²) in [5.41, 5.74) is 0.554. The van der Waals surface area contributed by atoms with Crippen LogP contribution in [0.1, 0.15) is 23.5 Å². The quantitative estimate of drug-likeness (QED) is 0.878. The largest absolute Gasteiger partial charge is 0.481 e. The van der Waals surface area contributed by atoms with Crippen LogP contribution in [0, 0.1) is 6.92 Å². The summed E-state index contributed by atoms with van der Waals surface area (Å²) in [6, 6.07) is 0. The van der Waals surface area contributed by atoms with E-state index in [1.807, 2.05) is 0 Å². The van der Waals surface area contributed by atoms with Gasteiger partial charge in [-0.3, -0.25) is 4.79 Å². The van der Waals surface area contributed by atoms with Crippen LogP contribution in [0.4, 0.5) is 13.2 Å². The monoisotopic (exact) mass is 238 g/mol. The molecule has 1 rings (SSSR count). The van der Waals surface area contributed by atoms with Gasteiger partial charge in [0.25, 0.3) is 0 Å². The summed E-state index contributed by atoms with van der Waals surface area (Å²) < 4.78 is 37.7. The minimum Gasteiger partial charge on any atom is -0.481 e. The summed E-state index contributed by atoms with van der Waals surface area (Å²) in [7, 11) is 0. The number of hydrogen-bond acceptors (Lipinski definition) is 2. The third kappa shape index (κ3) is 2.95. The molecule has 0 radical (unpaired) electrons. The van der Waals surface area contributed by atoms with Crippen LogP contribution < -0.4 is 0 Å². The normalized spacial score (nSPS) is 13.9. The standard InChI is InChI=1S/C9H9F3O2S/c1-5-3-15-4-6(5)7(2-8(13)14)9(10,11)12/h3-4,7H,2H2,1H3,(H,13,14). The summed E-state index contributed by atoms with van der Waals surface area (Å²) in [6.07, 6.45) is -5.43. The Balaban J connectivity index is 3.02. The molecule has 0 aliphatic carbocycles. The third-order valence-electron chi connectivity index (χ3n) is 2.04. The van der Waals surface area contributed by atoms with Crippen LogP contribution in [0.3, 0.4) is 0 Å². The lowest BCUT2D eigenvalue weighted by Crippen LogP contribution is -2.23. The van der Waals surface area contributed by atoms with Crippen LogP contribution in [0.15, 0.2) is 10.8 Å². The molecule has 2 nitrogen and oxygen atoms in total. The molecular formula is C9H9F3O2S. The average molecular weight is 238 g/mol. The number of carbonyl (C=O) groups is 1. The minimum absolute atomic E-state index is 0.0647. The molecule has 0 saturated heterocycles. The summed E-state index contributed by atoms with van der Waals surface area (Å²) in [4.78, 5) is 10.4. The van der Waals surface area contributed by atoms with Gasteiger partial charge in [0, 0.05) is 0 Å². The number of carboxylic acids is 1. The van der Waals surface area contributed by atoms with E-state index in [4.69, 9.17) is 5.11 Å². The lowest BCUT2D eigenvalue weighted by Gasteiger charge is -2.18. The number of alkyl halides is 3. The Kier molecular flexibility index (Phi) is 3.38. The Morgan fingerprint density at radius 1 is 1.53 bits per heavy atom. The highest BCUT2D eigenvalue weighted by Crippen LogP contribution is 2.39. The first-order valence-electron chi connectivity index (χ1n) is 4.13. The topological polar surface area (TPSA) is 37.3 Å². The molecule has 0 amide bonds. The highest BCUT2D eigenvalue weighted by Gasteiger charge is 2.42. The van der Waals surface area contributed by atoms with Crippen molar-refractivity contribution in [2.24, 2.45) is 0 Å². The van der Waals surface area contributed by atoms with E-state index in [0.717, 1.165) is 11.3 Å². The molecule has 0 saturated carbocycles. The number of hydrogen-bond donors (Lipinski definition) is 1. The first-order valence-corrected chi connectivity index (χ1v) is 5.08. The van der Waals surface area contributed by atoms with Crippen molar-refractivity contribution in [3.63, 3.8) is 0 Å². The van der Waals surface area contributed by atoms with E-state index >= 15 is 0 Å². The minimum atomic E-state index is -4.51. The van der Waals surface area contributed by atoms with E-state index < -0.39 is 24.5 Å². The van der Waals surface area contributed by atoms with Gasteiger partial charge >= 0.3 is 12.1 Å². The van der Waals surface area contributed by atoms with Gasteiger partial charge in [-0.15, -0.1) is 0 Å². The predicted molar refractivity (Wildman–Crippen MR) is 50.1 cm³/mol. The molecule has 0 spiro atoms. The molecule has 0 aliphatic rings. The second kappa shape index (κ2) is 4.22. The fourth-order valence-electron chi connectivity index (χ4n) is 1.30. The van der Waals surface area contributed by atoms with E-state index in [9.17, 15) is 18.0 Å². The molecular weight excluding hydrogens is 229 g/mol. The van der Waals surface area contributed by atoms with Crippen molar-refractivity contribution in [3.05, 3.63) is 21.9 Å². The third-order valence-corrected chi connectivity index (χ3v) is 2.92. The van der Waals surface area contributed by atoms with Crippen LogP contribution >= 0.6 is 11.3 Å². The van der Waals surface area contributed by atoms with Crippen LogP contribution in [0.25, 0.3) is 0 Å². The maximum absolute atomic E-state index is 12.6. The van der Waals surface area contributed by atoms with E-state index in [2.05, 4.69) is 0 Å². The molecule has 0 aromatic carbocycles. The molecule has 0 aliphatic heterocycles. The van der Waals surface area contributed by atoms with Crippen molar-refractivity contribution in [1.29, 1.82) is 0 Å². The van der Waals surface area contributed by atoms with E-state index in [0.29, 0.717) is 5.56 Å². The smallest absolute Gasteiger partial charge is 0.396 e. The molecule has 1 aromatic heterocycles. The highest BCUT2D eigenvalue weighted by atomic mass is 32.1. The van der Waals surface area contributed by atoms with Crippen molar-refractivity contribution < 1.29 is 23.1 Å². The molecule has 0 bridgehead atoms. The number of thiophene rings is 1. The van der Waals surface area contributed by atoms with Gasteiger partial charge in [0.05, 0.1) is 12.3 Å². The Bertz CT molecular complexity index is 356. The molecule has 1 atom stereocenters. The maximum Gasteiger partial charge on any atom is 0.396 e. The zero-order valence-corrected chi connectivity index (χ0v) is 8.65. The SMILES string of the molecule is Cc1cscc1C(CC(=O)O)C(F)(F)F. The van der Waals surface area contributed by atoms with E-state index in [-0.39, 0.29) is 5.56 Å². The van der Waals surface area contributed by atoms with E-state index in [1.165, 1.54) is 5.38 Å². The Morgan fingerprint density at radius 2 is 2.13 bits per heavy atom. The number of carboxylic acid groups (broad SMARTS) is 1. The highest BCUT2D eigenvalue weighted by molar-refractivity contribution is 7.08. The molecule has 0 fully saturated rings. The summed E-state index contributed by atoms with van der Waals surface area (Å²) in [5, 5.41) is 11.4. The lowest BCUT2D eigenvalue weighted by molar-refractivity contribution is -0.163. The zero-order valence-electron chi connectivity index (χ0n) is 7.84. The zero-order chi connectivity index (χ0) is 11.6. The second-order valence-electron chi connectivity index (χ2n) is 3.20. The number of rotatable bonds is 3. The first-order chi connectivity index (χ1) is 6.82. The van der Waals surface area contributed by atoms with Crippen molar-refractivity contribution in [2.45, 2.75) is 25.4 Å². The molecule has 1 aromatic rings. The Labute approximate surface area is 88.3 Å². The van der Waals surface area contributed by atoms with Gasteiger partial charge in [-0.1, -0.05) is 0 Å². The lowest BCUT2D eigenvalue weighted by atomic mass is 9.95. The van der Waals surface area contributed by atoms with Gasteiger partial charge in [-0.25, -0.2) is 0 Å². The maximum atomic E-state index is 12.6. The Morgan fingerprint density at radius 3 is 2.47 bits per heavy atom. The fraction of sp³-hybridized carbons (Fsp3) is 0.444. The van der Waals surface area contributed by atoms with E-state index in [1.54, 1.807) is 12.3 Å². The number of aryl methyl sites for hydroxylation is 1. The van der Waals surface area contributed by atoms with Crippen molar-refractivity contribution in [3.8, 4) is 0 Å². The van der Waals surface area contributed by atoms with Gasteiger partial charge in [-0.2, -0.15) is 24.5 Å². The van der Waals surface area contributed by atoms with Crippen molar-refractivity contribution in [1.82, 2.24) is 0 Å². The molecule has 15 heavy (non-hydrogen) atoms. The molecule has 1 unspecified atom stereocenters. The van der Waals surface area contributed by atoms with Crippen LogP contribution in [0.2, 0.25) is 0 Å². The predicted octanol–water partition coefficient (Wildman–Crippen LogP) is 3.18. The summed E-state index contributed by atoms with van der Waals surface area (Å²) in [5.74, 6) is -3.34. The van der Waals surface area contributed by atoms with Crippen LogP contribution in [-0.4, -0.2) is 17.3 Å². The van der Waals surface area contributed by atoms with Gasteiger partial charge in [0.15, 0.2) is 0 Å². The average Bonchev–Trinajstić information content (AvgIpc) is 2.45. The van der Waals surface area contributed by atoms with Crippen LogP contribution in [-0.2, 0) is 4.79 Å². The first kappa shape index (κ1) is 12.0. The number of aliphatic carboxylic acids is 1. The van der Waals surface area contributed by atoms with Gasteiger partial charge in [0.2, 0.25) is 0 Å². The van der Waals surface area contributed by atoms with Gasteiger partial charge < -0.3 is 5.11 Å². The Hall–Kier alpha value is -1.04. The van der Waals surface area contributed by atoms with Crippen molar-refractivity contribution >= 4 is 17.3 Å². The summed E-state index contributed by atoms with van der Waals surface area (Å²) in [6.45, 7) is 1.55. The molecule has 1 N–H and O–H groups in total. The molecule has 1 heterocycles.